The minimum absolute atomic E-state index is 0.0716. The molecule has 2 aliphatic heterocycles. The number of aromatic nitrogens is 2. The molecule has 2 aromatic rings. The third-order valence-corrected chi connectivity index (χ3v) is 5.96. The number of rotatable bonds is 4. The van der Waals surface area contributed by atoms with Crippen LogP contribution in [-0.2, 0) is 11.3 Å². The van der Waals surface area contributed by atoms with Crippen LogP contribution >= 0.6 is 11.3 Å². The maximum absolute atomic E-state index is 12.7. The Labute approximate surface area is 156 Å². The predicted molar refractivity (Wildman–Crippen MR) is 96.8 cm³/mol. The van der Waals surface area contributed by atoms with E-state index in [0.717, 1.165) is 43.6 Å². The molecular formula is C18H24N4O3S. The molecule has 2 saturated heterocycles. The number of ether oxygens (including phenoxy) is 1. The van der Waals surface area contributed by atoms with Crippen molar-refractivity contribution in [3.8, 4) is 0 Å². The van der Waals surface area contributed by atoms with Gasteiger partial charge in [0.05, 0.1) is 6.54 Å². The van der Waals surface area contributed by atoms with Crippen molar-refractivity contribution in [3.05, 3.63) is 33.7 Å². The summed E-state index contributed by atoms with van der Waals surface area (Å²) in [4.78, 5) is 15.7. The summed E-state index contributed by atoms with van der Waals surface area (Å²) in [5.74, 6) is 1.06. The van der Waals surface area contributed by atoms with Gasteiger partial charge in [-0.1, -0.05) is 0 Å². The van der Waals surface area contributed by atoms with Gasteiger partial charge in [0.15, 0.2) is 0 Å². The van der Waals surface area contributed by atoms with Gasteiger partial charge in [-0.2, -0.15) is 0 Å². The first-order valence-corrected chi connectivity index (χ1v) is 10.1. The summed E-state index contributed by atoms with van der Waals surface area (Å²) >= 11 is 1.66. The molecule has 0 bridgehead atoms. The van der Waals surface area contributed by atoms with Crippen molar-refractivity contribution in [3.63, 3.8) is 0 Å². The number of aryl methyl sites for hydroxylation is 1. The van der Waals surface area contributed by atoms with Crippen molar-refractivity contribution in [1.29, 1.82) is 0 Å². The van der Waals surface area contributed by atoms with Crippen LogP contribution in [0.25, 0.3) is 0 Å². The molecule has 26 heavy (non-hydrogen) atoms. The molecule has 2 aromatic heterocycles. The quantitative estimate of drug-likeness (QED) is 0.879. The molecule has 2 amide bonds. The molecule has 140 valence electrons. The highest BCUT2D eigenvalue weighted by Gasteiger charge is 2.33. The van der Waals surface area contributed by atoms with Crippen LogP contribution in [0.2, 0.25) is 0 Å². The molecule has 2 aliphatic rings. The molecule has 2 atom stereocenters. The SMILES string of the molecule is Cc1csc(CNC(=O)N2CCCCC2c2nnc([C@H]3CCCO3)o2)c1. The number of amides is 2. The third kappa shape index (κ3) is 3.76. The van der Waals surface area contributed by atoms with E-state index in [0.29, 0.717) is 24.9 Å². The van der Waals surface area contributed by atoms with E-state index in [9.17, 15) is 4.79 Å². The van der Waals surface area contributed by atoms with Gasteiger partial charge in [0.2, 0.25) is 11.8 Å². The minimum Gasteiger partial charge on any atom is -0.420 e. The van der Waals surface area contributed by atoms with Crippen LogP contribution in [-0.4, -0.2) is 34.3 Å². The first-order valence-electron chi connectivity index (χ1n) is 9.24. The monoisotopic (exact) mass is 376 g/mol. The second kappa shape index (κ2) is 7.75. The Balaban J connectivity index is 1.43. The summed E-state index contributed by atoms with van der Waals surface area (Å²) in [6.07, 6.45) is 4.73. The lowest BCUT2D eigenvalue weighted by Crippen LogP contribution is -2.44. The lowest BCUT2D eigenvalue weighted by molar-refractivity contribution is 0.0837. The number of likely N-dealkylation sites (tertiary alicyclic amines) is 1. The van der Waals surface area contributed by atoms with Gasteiger partial charge in [-0.3, -0.25) is 0 Å². The van der Waals surface area contributed by atoms with Crippen LogP contribution in [0.15, 0.2) is 15.9 Å². The highest BCUT2D eigenvalue weighted by Crippen LogP contribution is 2.33. The van der Waals surface area contributed by atoms with Gasteiger partial charge in [0.25, 0.3) is 0 Å². The average Bonchev–Trinajstić information content (AvgIpc) is 3.40. The smallest absolute Gasteiger partial charge is 0.318 e. The number of carbonyl (C=O) groups excluding carboxylic acids is 1. The number of nitrogens with zero attached hydrogens (tertiary/aromatic N) is 3. The van der Waals surface area contributed by atoms with Crippen molar-refractivity contribution < 1.29 is 13.9 Å². The second-order valence-electron chi connectivity index (χ2n) is 6.93. The topological polar surface area (TPSA) is 80.5 Å². The summed E-state index contributed by atoms with van der Waals surface area (Å²) in [7, 11) is 0. The molecule has 1 unspecified atom stereocenters. The van der Waals surface area contributed by atoms with E-state index in [1.807, 2.05) is 4.90 Å². The fourth-order valence-corrected chi connectivity index (χ4v) is 4.38. The zero-order valence-electron chi connectivity index (χ0n) is 14.9. The van der Waals surface area contributed by atoms with Gasteiger partial charge in [0.1, 0.15) is 12.1 Å². The second-order valence-corrected chi connectivity index (χ2v) is 7.93. The summed E-state index contributed by atoms with van der Waals surface area (Å²) in [6.45, 7) is 4.05. The number of hydrogen-bond donors (Lipinski definition) is 1. The molecule has 7 nitrogen and oxygen atoms in total. The maximum atomic E-state index is 12.7. The van der Waals surface area contributed by atoms with Gasteiger partial charge >= 0.3 is 6.03 Å². The Bertz CT molecular complexity index is 753. The fraction of sp³-hybridized carbons (Fsp3) is 0.611. The number of carbonyl (C=O) groups is 1. The average molecular weight is 376 g/mol. The van der Waals surface area contributed by atoms with Gasteiger partial charge in [-0.15, -0.1) is 21.5 Å². The van der Waals surface area contributed by atoms with Gasteiger partial charge in [-0.05, 0) is 56.0 Å². The predicted octanol–water partition coefficient (Wildman–Crippen LogP) is 3.73. The molecule has 8 heteroatoms. The zero-order valence-corrected chi connectivity index (χ0v) is 15.8. The van der Waals surface area contributed by atoms with E-state index in [4.69, 9.17) is 9.15 Å². The normalized spacial score (nSPS) is 23.3. The third-order valence-electron chi connectivity index (χ3n) is 4.91. The Morgan fingerprint density at radius 1 is 1.31 bits per heavy atom. The molecule has 4 heterocycles. The van der Waals surface area contributed by atoms with E-state index in [2.05, 4.69) is 33.9 Å². The molecular weight excluding hydrogens is 352 g/mol. The molecule has 4 rings (SSSR count). The number of thiophene rings is 1. The summed E-state index contributed by atoms with van der Waals surface area (Å²) in [5.41, 5.74) is 1.22. The summed E-state index contributed by atoms with van der Waals surface area (Å²) < 4.78 is 11.5. The lowest BCUT2D eigenvalue weighted by atomic mass is 10.0. The molecule has 0 aliphatic carbocycles. The summed E-state index contributed by atoms with van der Waals surface area (Å²) in [5, 5.41) is 13.5. The molecule has 1 N–H and O–H groups in total. The Kier molecular flexibility index (Phi) is 5.21. The highest BCUT2D eigenvalue weighted by atomic mass is 32.1. The van der Waals surface area contributed by atoms with Crippen molar-refractivity contribution in [1.82, 2.24) is 20.4 Å². The van der Waals surface area contributed by atoms with Gasteiger partial charge < -0.3 is 19.4 Å². The zero-order chi connectivity index (χ0) is 17.9. The number of urea groups is 1. The number of hydrogen-bond acceptors (Lipinski definition) is 6. The lowest BCUT2D eigenvalue weighted by Gasteiger charge is -2.33. The number of piperidine rings is 1. The van der Waals surface area contributed by atoms with Crippen molar-refractivity contribution in [2.45, 2.75) is 57.7 Å². The van der Waals surface area contributed by atoms with E-state index < -0.39 is 0 Å². The summed E-state index contributed by atoms with van der Waals surface area (Å²) in [6, 6.07) is 1.87. The minimum atomic E-state index is -0.156. The van der Waals surface area contributed by atoms with Crippen LogP contribution < -0.4 is 5.32 Å². The van der Waals surface area contributed by atoms with E-state index in [1.165, 1.54) is 5.56 Å². The fourth-order valence-electron chi connectivity index (χ4n) is 3.56. The Morgan fingerprint density at radius 2 is 2.19 bits per heavy atom. The first-order chi connectivity index (χ1) is 12.7. The van der Waals surface area contributed by atoms with Crippen molar-refractivity contribution in [2.24, 2.45) is 0 Å². The van der Waals surface area contributed by atoms with E-state index in [1.54, 1.807) is 11.3 Å². The van der Waals surface area contributed by atoms with Crippen molar-refractivity contribution in [2.75, 3.05) is 13.2 Å². The molecule has 0 spiro atoms. The van der Waals surface area contributed by atoms with Crippen molar-refractivity contribution >= 4 is 17.4 Å². The maximum Gasteiger partial charge on any atom is 0.318 e. The Hall–Kier alpha value is -1.93. The van der Waals surface area contributed by atoms with E-state index in [-0.39, 0.29) is 18.2 Å². The first kappa shape index (κ1) is 17.5. The largest absolute Gasteiger partial charge is 0.420 e. The van der Waals surface area contributed by atoms with Crippen LogP contribution in [0.1, 0.15) is 66.5 Å². The van der Waals surface area contributed by atoms with E-state index >= 15 is 0 Å². The highest BCUT2D eigenvalue weighted by molar-refractivity contribution is 7.10. The van der Waals surface area contributed by atoms with Crippen LogP contribution in [0.4, 0.5) is 4.79 Å². The molecule has 2 fully saturated rings. The molecule has 0 saturated carbocycles. The number of nitrogens with one attached hydrogen (secondary N) is 1. The molecule has 0 aromatic carbocycles. The van der Waals surface area contributed by atoms with Crippen LogP contribution in [0.5, 0.6) is 0 Å². The molecule has 0 radical (unpaired) electrons. The standard InChI is InChI=1S/C18H24N4O3S/c1-12-9-13(26-11-12)10-19-18(23)22-7-3-2-5-14(22)16-20-21-17(25-16)15-6-4-8-24-15/h9,11,14-15H,2-8,10H2,1H3,(H,19,23)/t14?,15-/m1/s1. The van der Waals surface area contributed by atoms with Crippen LogP contribution in [0.3, 0.4) is 0 Å². The van der Waals surface area contributed by atoms with Gasteiger partial charge in [-0.25, -0.2) is 4.79 Å². The van der Waals surface area contributed by atoms with Crippen LogP contribution in [0, 0.1) is 6.92 Å². The van der Waals surface area contributed by atoms with Gasteiger partial charge in [0, 0.05) is 18.0 Å². The Morgan fingerprint density at radius 3 is 2.96 bits per heavy atom.